The van der Waals surface area contributed by atoms with Crippen LogP contribution in [-0.2, 0) is 11.3 Å². The fourth-order valence-electron chi connectivity index (χ4n) is 5.14. The lowest BCUT2D eigenvalue weighted by Gasteiger charge is -2.42. The first-order valence-electron chi connectivity index (χ1n) is 12.6. The van der Waals surface area contributed by atoms with E-state index in [2.05, 4.69) is 5.32 Å². The van der Waals surface area contributed by atoms with E-state index in [4.69, 9.17) is 9.47 Å². The summed E-state index contributed by atoms with van der Waals surface area (Å²) in [5, 5.41) is 3.07. The van der Waals surface area contributed by atoms with Crippen LogP contribution < -0.4 is 14.8 Å². The molecule has 1 aliphatic heterocycles. The molecule has 0 radical (unpaired) electrons. The van der Waals surface area contributed by atoms with Crippen molar-refractivity contribution in [3.8, 4) is 11.5 Å². The number of ether oxygens (including phenoxy) is 2. The summed E-state index contributed by atoms with van der Waals surface area (Å²) in [6.07, 6.45) is 0. The van der Waals surface area contributed by atoms with Gasteiger partial charge < -0.3 is 19.7 Å². The molecule has 4 aromatic rings. The Morgan fingerprint density at radius 2 is 1.64 bits per heavy atom. The molecule has 5 rings (SSSR count). The number of rotatable bonds is 7. The molecule has 2 atom stereocenters. The number of amides is 2. The van der Waals surface area contributed by atoms with Crippen LogP contribution >= 0.6 is 0 Å². The van der Waals surface area contributed by atoms with Gasteiger partial charge in [-0.25, -0.2) is 4.39 Å². The zero-order valence-corrected chi connectivity index (χ0v) is 22.0. The average Bonchev–Trinajstić information content (AvgIpc) is 2.95. The highest BCUT2D eigenvalue weighted by atomic mass is 19.1. The Labute approximate surface area is 227 Å². The van der Waals surface area contributed by atoms with Crippen LogP contribution in [0.3, 0.4) is 0 Å². The normalized spacial score (nSPS) is 16.4. The van der Waals surface area contributed by atoms with E-state index in [1.54, 1.807) is 43.4 Å². The largest absolute Gasteiger partial charge is 0.497 e. The van der Waals surface area contributed by atoms with E-state index >= 15 is 0 Å². The Morgan fingerprint density at radius 3 is 2.33 bits per heavy atom. The van der Waals surface area contributed by atoms with Crippen LogP contribution in [-0.4, -0.2) is 30.9 Å². The second kappa shape index (κ2) is 11.0. The van der Waals surface area contributed by atoms with E-state index in [0.717, 1.165) is 16.7 Å². The standard InChI is InChI=1S/C32H29FN2O4/c1-20-8-17-28(39-3)27(18-20)34-31(36)29-25-6-4-5-7-26(25)32(37)35(19-21-9-13-23(33)14-10-21)30(29)22-11-15-24(38-2)16-12-22/h4-18,29-30H,19H2,1-3H3,(H,34,36)/t29-,30+/m0/s1. The Bertz CT molecular complexity index is 1500. The summed E-state index contributed by atoms with van der Waals surface area (Å²) in [6.45, 7) is 2.13. The quantitative estimate of drug-likeness (QED) is 0.309. The Hall–Kier alpha value is -4.65. The van der Waals surface area contributed by atoms with Gasteiger partial charge in [0.25, 0.3) is 5.91 Å². The molecule has 0 aliphatic carbocycles. The molecular formula is C32H29FN2O4. The van der Waals surface area contributed by atoms with E-state index < -0.39 is 12.0 Å². The van der Waals surface area contributed by atoms with Crippen LogP contribution in [0.15, 0.2) is 91.0 Å². The topological polar surface area (TPSA) is 67.9 Å². The van der Waals surface area contributed by atoms with Gasteiger partial charge in [-0.05, 0) is 71.6 Å². The summed E-state index contributed by atoms with van der Waals surface area (Å²) in [4.78, 5) is 29.8. The van der Waals surface area contributed by atoms with E-state index in [-0.39, 0.29) is 24.2 Å². The molecule has 7 heteroatoms. The van der Waals surface area contributed by atoms with E-state index in [9.17, 15) is 14.0 Å². The number of nitrogens with one attached hydrogen (secondary N) is 1. The minimum absolute atomic E-state index is 0.196. The summed E-state index contributed by atoms with van der Waals surface area (Å²) in [7, 11) is 3.14. The van der Waals surface area contributed by atoms with Crippen LogP contribution in [0.2, 0.25) is 0 Å². The van der Waals surface area contributed by atoms with Gasteiger partial charge in [-0.1, -0.05) is 48.5 Å². The third kappa shape index (κ3) is 5.21. The van der Waals surface area contributed by atoms with Crippen LogP contribution in [0.25, 0.3) is 0 Å². The Morgan fingerprint density at radius 1 is 0.923 bits per heavy atom. The molecule has 39 heavy (non-hydrogen) atoms. The maximum atomic E-state index is 14.2. The maximum Gasteiger partial charge on any atom is 0.255 e. The minimum Gasteiger partial charge on any atom is -0.497 e. The average molecular weight is 525 g/mol. The number of benzene rings is 4. The smallest absolute Gasteiger partial charge is 0.255 e. The zero-order chi connectivity index (χ0) is 27.5. The lowest BCUT2D eigenvalue weighted by atomic mass is 9.79. The molecule has 0 aromatic heterocycles. The summed E-state index contributed by atoms with van der Waals surface area (Å²) in [6, 6.07) is 25.6. The molecule has 2 amide bonds. The number of carbonyl (C=O) groups is 2. The fraction of sp³-hybridized carbons (Fsp3) is 0.188. The molecule has 0 unspecified atom stereocenters. The molecule has 0 saturated heterocycles. The maximum absolute atomic E-state index is 14.2. The monoisotopic (exact) mass is 524 g/mol. The van der Waals surface area contributed by atoms with Crippen molar-refractivity contribution in [2.75, 3.05) is 19.5 Å². The zero-order valence-electron chi connectivity index (χ0n) is 22.0. The number of fused-ring (bicyclic) bond motifs is 1. The summed E-state index contributed by atoms with van der Waals surface area (Å²) in [5.74, 6) is -0.366. The van der Waals surface area contributed by atoms with E-state index in [1.807, 2.05) is 61.5 Å². The van der Waals surface area contributed by atoms with Crippen molar-refractivity contribution in [3.05, 3.63) is 125 Å². The van der Waals surface area contributed by atoms with Gasteiger partial charge in [0, 0.05) is 12.1 Å². The fourth-order valence-corrected chi connectivity index (χ4v) is 5.14. The van der Waals surface area contributed by atoms with Gasteiger partial charge in [-0.15, -0.1) is 0 Å². The number of aryl methyl sites for hydroxylation is 1. The first-order chi connectivity index (χ1) is 18.9. The SMILES string of the molecule is COc1ccc([C@@H]2[C@@H](C(=O)Nc3cc(C)ccc3OC)c3ccccc3C(=O)N2Cc2ccc(F)cc2)cc1. The van der Waals surface area contributed by atoms with Crippen molar-refractivity contribution in [1.82, 2.24) is 4.90 Å². The van der Waals surface area contributed by atoms with Crippen molar-refractivity contribution < 1.29 is 23.5 Å². The molecule has 198 valence electrons. The van der Waals surface area contributed by atoms with Crippen molar-refractivity contribution in [1.29, 1.82) is 0 Å². The predicted molar refractivity (Wildman–Crippen MR) is 148 cm³/mol. The first-order valence-corrected chi connectivity index (χ1v) is 12.6. The second-order valence-corrected chi connectivity index (χ2v) is 9.54. The number of hydrogen-bond donors (Lipinski definition) is 1. The van der Waals surface area contributed by atoms with Crippen molar-refractivity contribution in [2.24, 2.45) is 0 Å². The minimum atomic E-state index is -0.738. The van der Waals surface area contributed by atoms with Gasteiger partial charge in [-0.3, -0.25) is 9.59 Å². The van der Waals surface area contributed by atoms with Crippen LogP contribution in [0, 0.1) is 12.7 Å². The van der Waals surface area contributed by atoms with Gasteiger partial charge in [0.15, 0.2) is 0 Å². The molecule has 1 N–H and O–H groups in total. The third-order valence-electron chi connectivity index (χ3n) is 7.06. The summed E-state index contributed by atoms with van der Waals surface area (Å²) >= 11 is 0. The van der Waals surface area contributed by atoms with Gasteiger partial charge >= 0.3 is 0 Å². The number of anilines is 1. The molecule has 0 fully saturated rings. The molecule has 0 saturated carbocycles. The van der Waals surface area contributed by atoms with Crippen LogP contribution in [0.5, 0.6) is 11.5 Å². The lowest BCUT2D eigenvalue weighted by Crippen LogP contribution is -2.45. The van der Waals surface area contributed by atoms with Crippen LogP contribution in [0.4, 0.5) is 10.1 Å². The Balaban J connectivity index is 1.64. The molecule has 0 spiro atoms. The molecular weight excluding hydrogens is 495 g/mol. The number of methoxy groups -OCH3 is 2. The number of hydrogen-bond acceptors (Lipinski definition) is 4. The predicted octanol–water partition coefficient (Wildman–Crippen LogP) is 6.27. The lowest BCUT2D eigenvalue weighted by molar-refractivity contribution is -0.119. The molecule has 6 nitrogen and oxygen atoms in total. The van der Waals surface area contributed by atoms with E-state index in [1.165, 1.54) is 12.1 Å². The van der Waals surface area contributed by atoms with Crippen LogP contribution in [0.1, 0.15) is 44.6 Å². The van der Waals surface area contributed by atoms with Gasteiger partial charge in [0.05, 0.1) is 31.9 Å². The second-order valence-electron chi connectivity index (χ2n) is 9.54. The summed E-state index contributed by atoms with van der Waals surface area (Å²) in [5.41, 5.74) is 4.15. The van der Waals surface area contributed by atoms with Crippen molar-refractivity contribution in [2.45, 2.75) is 25.4 Å². The van der Waals surface area contributed by atoms with Crippen molar-refractivity contribution >= 4 is 17.5 Å². The highest BCUT2D eigenvalue weighted by molar-refractivity contribution is 6.04. The van der Waals surface area contributed by atoms with Gasteiger partial charge in [0.2, 0.25) is 5.91 Å². The number of nitrogens with zero attached hydrogens (tertiary/aromatic N) is 1. The van der Waals surface area contributed by atoms with Crippen molar-refractivity contribution in [3.63, 3.8) is 0 Å². The summed E-state index contributed by atoms with van der Waals surface area (Å²) < 4.78 is 24.5. The molecule has 0 bridgehead atoms. The molecule has 1 heterocycles. The third-order valence-corrected chi connectivity index (χ3v) is 7.06. The first kappa shape index (κ1) is 26.0. The van der Waals surface area contributed by atoms with E-state index in [0.29, 0.717) is 28.3 Å². The van der Waals surface area contributed by atoms with Gasteiger partial charge in [0.1, 0.15) is 17.3 Å². The van der Waals surface area contributed by atoms with Gasteiger partial charge in [-0.2, -0.15) is 0 Å². The molecule has 4 aromatic carbocycles. The molecule has 1 aliphatic rings. The number of carbonyl (C=O) groups excluding carboxylic acids is 2. The Kier molecular flexibility index (Phi) is 7.32. The number of halogens is 1. The highest BCUT2D eigenvalue weighted by Crippen LogP contribution is 2.44. The highest BCUT2D eigenvalue weighted by Gasteiger charge is 2.44.